The summed E-state index contributed by atoms with van der Waals surface area (Å²) in [6.07, 6.45) is 10.8. The van der Waals surface area contributed by atoms with Gasteiger partial charge in [0, 0.05) is 6.04 Å². The van der Waals surface area contributed by atoms with Gasteiger partial charge >= 0.3 is 0 Å². The van der Waals surface area contributed by atoms with E-state index in [4.69, 9.17) is 0 Å². The van der Waals surface area contributed by atoms with Crippen molar-refractivity contribution in [1.29, 1.82) is 0 Å². The highest BCUT2D eigenvalue weighted by molar-refractivity contribution is 5.17. The Labute approximate surface area is 88.0 Å². The lowest BCUT2D eigenvalue weighted by Gasteiger charge is -2.19. The molecule has 0 spiro atoms. The fraction of sp³-hybridized carbons (Fsp3) is 0.846. The van der Waals surface area contributed by atoms with Crippen molar-refractivity contribution in [2.75, 3.05) is 7.05 Å². The van der Waals surface area contributed by atoms with E-state index in [1.165, 1.54) is 38.5 Å². The minimum absolute atomic E-state index is 0.697. The Kier molecular flexibility index (Phi) is 3.27. The Bertz CT molecular complexity index is 219. The summed E-state index contributed by atoms with van der Waals surface area (Å²) in [5.74, 6) is 1.89. The van der Waals surface area contributed by atoms with Crippen LogP contribution >= 0.6 is 0 Å². The molecule has 1 N–H and O–H groups in total. The van der Waals surface area contributed by atoms with Crippen LogP contribution in [0.4, 0.5) is 0 Å². The molecule has 2 rings (SSSR count). The van der Waals surface area contributed by atoms with Crippen molar-refractivity contribution in [3.8, 4) is 0 Å². The lowest BCUT2D eigenvalue weighted by molar-refractivity contribution is 0.522. The molecule has 0 aromatic heterocycles. The van der Waals surface area contributed by atoms with E-state index in [1.54, 1.807) is 5.57 Å². The average Bonchev–Trinajstić information content (AvgIpc) is 2.93. The molecular formula is C13H23N. The molecule has 14 heavy (non-hydrogen) atoms. The smallest absolute Gasteiger partial charge is 0.0307 e. The number of nitrogens with one attached hydrogen (secondary N) is 1. The fourth-order valence-corrected chi connectivity index (χ4v) is 2.81. The summed E-state index contributed by atoms with van der Waals surface area (Å²) in [4.78, 5) is 0. The Morgan fingerprint density at radius 3 is 2.79 bits per heavy atom. The molecule has 1 nitrogen and oxygen atoms in total. The van der Waals surface area contributed by atoms with Gasteiger partial charge in [0.15, 0.2) is 0 Å². The van der Waals surface area contributed by atoms with E-state index in [9.17, 15) is 0 Å². The Morgan fingerprint density at radius 2 is 2.14 bits per heavy atom. The van der Waals surface area contributed by atoms with Crippen LogP contribution < -0.4 is 5.32 Å². The third-order valence-electron chi connectivity index (χ3n) is 3.89. The molecule has 0 heterocycles. The highest BCUT2D eigenvalue weighted by Gasteiger charge is 2.39. The normalized spacial score (nSPS) is 34.6. The molecule has 0 amide bonds. The molecule has 3 unspecified atom stereocenters. The zero-order chi connectivity index (χ0) is 9.97. The van der Waals surface area contributed by atoms with Gasteiger partial charge in [0.05, 0.1) is 0 Å². The summed E-state index contributed by atoms with van der Waals surface area (Å²) in [7, 11) is 2.13. The Balaban J connectivity index is 1.98. The number of rotatable bonds is 3. The third-order valence-corrected chi connectivity index (χ3v) is 3.89. The minimum atomic E-state index is 0.697. The van der Waals surface area contributed by atoms with Crippen molar-refractivity contribution in [2.24, 2.45) is 11.8 Å². The van der Waals surface area contributed by atoms with Crippen molar-refractivity contribution >= 4 is 0 Å². The van der Waals surface area contributed by atoms with Crippen LogP contribution in [-0.2, 0) is 0 Å². The maximum absolute atomic E-state index is 3.52. The van der Waals surface area contributed by atoms with Crippen molar-refractivity contribution in [3.63, 3.8) is 0 Å². The zero-order valence-electron chi connectivity index (χ0n) is 9.55. The summed E-state index contributed by atoms with van der Waals surface area (Å²) in [5.41, 5.74) is 1.71. The van der Waals surface area contributed by atoms with E-state index in [2.05, 4.69) is 25.4 Å². The van der Waals surface area contributed by atoms with Gasteiger partial charge in [-0.2, -0.15) is 0 Å². The summed E-state index contributed by atoms with van der Waals surface area (Å²) in [6.45, 7) is 2.38. The number of hydrogen-bond acceptors (Lipinski definition) is 1. The van der Waals surface area contributed by atoms with E-state index < -0.39 is 0 Å². The van der Waals surface area contributed by atoms with E-state index in [0.717, 1.165) is 11.8 Å². The first kappa shape index (κ1) is 10.2. The third kappa shape index (κ3) is 2.20. The first-order valence-corrected chi connectivity index (χ1v) is 6.19. The minimum Gasteiger partial charge on any atom is -0.313 e. The molecule has 0 aromatic rings. The summed E-state index contributed by atoms with van der Waals surface area (Å²) >= 11 is 0. The van der Waals surface area contributed by atoms with E-state index in [0.29, 0.717) is 6.04 Å². The van der Waals surface area contributed by atoms with Crippen molar-refractivity contribution in [1.82, 2.24) is 5.32 Å². The van der Waals surface area contributed by atoms with Crippen molar-refractivity contribution in [3.05, 3.63) is 11.6 Å². The van der Waals surface area contributed by atoms with Gasteiger partial charge in [-0.05, 0) is 51.0 Å². The topological polar surface area (TPSA) is 12.0 Å². The van der Waals surface area contributed by atoms with Gasteiger partial charge in [-0.15, -0.1) is 0 Å². The zero-order valence-corrected chi connectivity index (χ0v) is 9.55. The molecule has 1 saturated carbocycles. The predicted octanol–water partition coefficient (Wildman–Crippen LogP) is 3.12. The van der Waals surface area contributed by atoms with Crippen molar-refractivity contribution in [2.45, 2.75) is 51.5 Å². The van der Waals surface area contributed by atoms with Gasteiger partial charge < -0.3 is 5.32 Å². The predicted molar refractivity (Wildman–Crippen MR) is 61.3 cm³/mol. The van der Waals surface area contributed by atoms with Crippen LogP contribution in [0.15, 0.2) is 11.6 Å². The number of hydrogen-bond donors (Lipinski definition) is 1. The van der Waals surface area contributed by atoms with Crippen LogP contribution in [-0.4, -0.2) is 13.1 Å². The Morgan fingerprint density at radius 1 is 1.36 bits per heavy atom. The van der Waals surface area contributed by atoms with Crippen LogP contribution in [0.25, 0.3) is 0 Å². The molecule has 3 atom stereocenters. The van der Waals surface area contributed by atoms with Crippen molar-refractivity contribution < 1.29 is 0 Å². The molecule has 2 aliphatic carbocycles. The molecule has 0 aromatic carbocycles. The highest BCUT2D eigenvalue weighted by atomic mass is 14.9. The molecule has 2 aliphatic rings. The Hall–Kier alpha value is -0.300. The maximum atomic E-state index is 3.52. The van der Waals surface area contributed by atoms with Crippen LogP contribution in [0.3, 0.4) is 0 Å². The first-order chi connectivity index (χ1) is 6.83. The molecule has 1 heteroatoms. The lowest BCUT2D eigenvalue weighted by atomic mass is 9.97. The first-order valence-electron chi connectivity index (χ1n) is 6.19. The van der Waals surface area contributed by atoms with Crippen LogP contribution in [0, 0.1) is 11.8 Å². The van der Waals surface area contributed by atoms with E-state index in [1.807, 2.05) is 0 Å². The summed E-state index contributed by atoms with van der Waals surface area (Å²) in [6, 6.07) is 0.697. The standard InChI is InChI=1S/C13H23N/c1-10-9-12(10)13(14-2)11-7-5-3-4-6-8-11/h7,10,12-14H,3-6,8-9H2,1-2H3. The maximum Gasteiger partial charge on any atom is 0.0307 e. The van der Waals surface area contributed by atoms with Gasteiger partial charge in [-0.1, -0.05) is 25.0 Å². The summed E-state index contributed by atoms with van der Waals surface area (Å²) in [5, 5.41) is 3.52. The number of likely N-dealkylation sites (N-methyl/N-ethyl adjacent to an activating group) is 1. The number of allylic oxidation sites excluding steroid dienone is 1. The molecule has 80 valence electrons. The fourth-order valence-electron chi connectivity index (χ4n) is 2.81. The largest absolute Gasteiger partial charge is 0.313 e. The molecule has 1 fully saturated rings. The van der Waals surface area contributed by atoms with Crippen LogP contribution in [0.5, 0.6) is 0 Å². The van der Waals surface area contributed by atoms with Gasteiger partial charge in [0.2, 0.25) is 0 Å². The van der Waals surface area contributed by atoms with Crippen LogP contribution in [0.2, 0.25) is 0 Å². The monoisotopic (exact) mass is 193 g/mol. The molecule has 0 bridgehead atoms. The molecule has 0 saturated heterocycles. The quantitative estimate of drug-likeness (QED) is 0.679. The summed E-state index contributed by atoms with van der Waals surface area (Å²) < 4.78 is 0. The SMILES string of the molecule is CNC(C1=CCCCCC1)C1CC1C. The average molecular weight is 193 g/mol. The van der Waals surface area contributed by atoms with Crippen LogP contribution in [0.1, 0.15) is 45.4 Å². The second-order valence-electron chi connectivity index (χ2n) is 5.02. The second kappa shape index (κ2) is 4.48. The van der Waals surface area contributed by atoms with E-state index >= 15 is 0 Å². The van der Waals surface area contributed by atoms with Gasteiger partial charge in [0.25, 0.3) is 0 Å². The molecule has 0 radical (unpaired) electrons. The lowest BCUT2D eigenvalue weighted by Crippen LogP contribution is -2.30. The molecule has 0 aliphatic heterocycles. The highest BCUT2D eigenvalue weighted by Crippen LogP contribution is 2.43. The molecular weight excluding hydrogens is 170 g/mol. The van der Waals surface area contributed by atoms with E-state index in [-0.39, 0.29) is 0 Å². The van der Waals surface area contributed by atoms with Gasteiger partial charge in [-0.3, -0.25) is 0 Å². The second-order valence-corrected chi connectivity index (χ2v) is 5.02. The van der Waals surface area contributed by atoms with Gasteiger partial charge in [-0.25, -0.2) is 0 Å². The van der Waals surface area contributed by atoms with Gasteiger partial charge in [0.1, 0.15) is 0 Å².